The number of carbonyl (C=O) groups is 2. The van der Waals surface area contributed by atoms with E-state index in [2.05, 4.69) is 0 Å². The first-order chi connectivity index (χ1) is 11.5. The Hall–Kier alpha value is -3.22. The van der Waals surface area contributed by atoms with Gasteiger partial charge in [0.1, 0.15) is 17.8 Å². The minimum atomic E-state index is -1.14. The van der Waals surface area contributed by atoms with Crippen LogP contribution in [0.15, 0.2) is 42.5 Å². The average Bonchev–Trinajstić information content (AvgIpc) is 2.61. The number of ketones is 1. The molecule has 124 valence electrons. The zero-order valence-corrected chi connectivity index (χ0v) is 13.1. The first-order valence-electron chi connectivity index (χ1n) is 6.98. The molecule has 0 fully saturated rings. The maximum atomic E-state index is 12.7. The topological polar surface area (TPSA) is 95.7 Å². The molecule has 0 bridgehead atoms. The summed E-state index contributed by atoms with van der Waals surface area (Å²) in [6.07, 6.45) is 0.470. The summed E-state index contributed by atoms with van der Waals surface area (Å²) in [5.74, 6) is -1.51. The van der Waals surface area contributed by atoms with Crippen LogP contribution in [0.3, 0.4) is 0 Å². The Balaban J connectivity index is 2.58. The van der Waals surface area contributed by atoms with Crippen molar-refractivity contribution in [2.45, 2.75) is 5.92 Å². The summed E-state index contributed by atoms with van der Waals surface area (Å²) in [6.45, 7) is 0. The van der Waals surface area contributed by atoms with Gasteiger partial charge in [-0.2, -0.15) is 0 Å². The summed E-state index contributed by atoms with van der Waals surface area (Å²) in [5, 5.41) is 11.3. The fraction of sp³-hybridized carbons (Fsp3) is 0.176. The van der Waals surface area contributed by atoms with Crippen molar-refractivity contribution in [3.8, 4) is 11.5 Å². The summed E-state index contributed by atoms with van der Waals surface area (Å²) in [4.78, 5) is 34.8. The molecule has 1 unspecified atom stereocenters. The fourth-order valence-corrected chi connectivity index (χ4v) is 2.34. The van der Waals surface area contributed by atoms with Crippen LogP contribution >= 0.6 is 0 Å². The van der Waals surface area contributed by atoms with Crippen LogP contribution in [0.25, 0.3) is 0 Å². The average molecular weight is 329 g/mol. The van der Waals surface area contributed by atoms with E-state index in [-0.39, 0.29) is 17.1 Å². The number of hydrogen-bond donors (Lipinski definition) is 0. The Labute approximate surface area is 138 Å². The molecule has 0 heterocycles. The SMILES string of the molecule is COc1cc(C(=O)C(C=O)c2ccccc2)c([N+](=O)[O-])cc1OC. The van der Waals surface area contributed by atoms with Crippen LogP contribution < -0.4 is 9.47 Å². The summed E-state index contributed by atoms with van der Waals surface area (Å²) in [6, 6.07) is 10.7. The number of Topliss-reactive ketones (excluding diaryl/α,β-unsaturated/α-hetero) is 1. The van der Waals surface area contributed by atoms with Gasteiger partial charge in [0.2, 0.25) is 0 Å². The second-order valence-electron chi connectivity index (χ2n) is 4.87. The van der Waals surface area contributed by atoms with E-state index in [9.17, 15) is 19.7 Å². The lowest BCUT2D eigenvalue weighted by Crippen LogP contribution is -2.16. The molecule has 2 aromatic rings. The van der Waals surface area contributed by atoms with Crippen LogP contribution in [0.1, 0.15) is 21.8 Å². The number of methoxy groups -OCH3 is 2. The van der Waals surface area contributed by atoms with Crippen LogP contribution in [0, 0.1) is 10.1 Å². The monoisotopic (exact) mass is 329 g/mol. The van der Waals surface area contributed by atoms with E-state index >= 15 is 0 Å². The number of rotatable bonds is 7. The lowest BCUT2D eigenvalue weighted by molar-refractivity contribution is -0.385. The Morgan fingerprint density at radius 3 is 2.21 bits per heavy atom. The van der Waals surface area contributed by atoms with Gasteiger partial charge >= 0.3 is 0 Å². The Kier molecular flexibility index (Phi) is 5.26. The largest absolute Gasteiger partial charge is 0.493 e. The molecule has 0 saturated carbocycles. The number of aldehydes is 1. The maximum absolute atomic E-state index is 12.7. The van der Waals surface area contributed by atoms with Crippen molar-refractivity contribution in [1.82, 2.24) is 0 Å². The second kappa shape index (κ2) is 7.36. The molecule has 0 aliphatic rings. The Morgan fingerprint density at radius 1 is 1.12 bits per heavy atom. The Bertz CT molecular complexity index is 772. The highest BCUT2D eigenvalue weighted by Gasteiger charge is 2.30. The van der Waals surface area contributed by atoms with Gasteiger partial charge in [-0.3, -0.25) is 14.9 Å². The smallest absolute Gasteiger partial charge is 0.284 e. The van der Waals surface area contributed by atoms with E-state index < -0.39 is 22.3 Å². The van der Waals surface area contributed by atoms with Gasteiger partial charge in [0.25, 0.3) is 5.69 Å². The lowest BCUT2D eigenvalue weighted by Gasteiger charge is -2.13. The molecule has 0 amide bonds. The third-order valence-electron chi connectivity index (χ3n) is 3.54. The molecule has 0 aromatic heterocycles. The molecule has 0 saturated heterocycles. The summed E-state index contributed by atoms with van der Waals surface area (Å²) >= 11 is 0. The quantitative estimate of drug-likeness (QED) is 0.255. The van der Waals surface area contributed by atoms with Crippen molar-refractivity contribution in [3.05, 3.63) is 63.7 Å². The molecule has 0 N–H and O–H groups in total. The molecule has 1 atom stereocenters. The highest BCUT2D eigenvalue weighted by Crippen LogP contribution is 2.36. The normalized spacial score (nSPS) is 11.4. The van der Waals surface area contributed by atoms with Crippen LogP contribution in [0.4, 0.5) is 5.69 Å². The molecule has 2 aromatic carbocycles. The number of hydrogen-bond acceptors (Lipinski definition) is 6. The molecule has 0 radical (unpaired) electrons. The first kappa shape index (κ1) is 17.1. The molecule has 0 aliphatic heterocycles. The van der Waals surface area contributed by atoms with Crippen molar-refractivity contribution < 1.29 is 24.0 Å². The van der Waals surface area contributed by atoms with E-state index in [1.165, 1.54) is 20.3 Å². The molecule has 0 spiro atoms. The second-order valence-corrected chi connectivity index (χ2v) is 4.87. The molecule has 7 nitrogen and oxygen atoms in total. The molecule has 0 aliphatic carbocycles. The van der Waals surface area contributed by atoms with E-state index in [1.807, 2.05) is 0 Å². The number of nitrogens with zero attached hydrogens (tertiary/aromatic N) is 1. The number of carbonyl (C=O) groups excluding carboxylic acids is 2. The predicted molar refractivity (Wildman–Crippen MR) is 85.8 cm³/mol. The first-order valence-corrected chi connectivity index (χ1v) is 6.98. The van der Waals surface area contributed by atoms with Gasteiger partial charge in [-0.15, -0.1) is 0 Å². The van der Waals surface area contributed by atoms with E-state index in [0.717, 1.165) is 6.07 Å². The highest BCUT2D eigenvalue weighted by atomic mass is 16.6. The lowest BCUT2D eigenvalue weighted by atomic mass is 9.91. The van der Waals surface area contributed by atoms with Gasteiger partial charge in [-0.05, 0) is 5.56 Å². The van der Waals surface area contributed by atoms with Gasteiger partial charge in [0.15, 0.2) is 17.3 Å². The number of ether oxygens (including phenoxy) is 2. The summed E-state index contributed by atoms with van der Waals surface area (Å²) < 4.78 is 10.1. The minimum Gasteiger partial charge on any atom is -0.493 e. The molecule has 7 heteroatoms. The number of nitro groups is 1. The molecular weight excluding hydrogens is 314 g/mol. The van der Waals surface area contributed by atoms with Crippen LogP contribution in [0.5, 0.6) is 11.5 Å². The summed E-state index contributed by atoms with van der Waals surface area (Å²) in [7, 11) is 2.69. The van der Waals surface area contributed by atoms with E-state index in [4.69, 9.17) is 9.47 Å². The minimum absolute atomic E-state index is 0.128. The van der Waals surface area contributed by atoms with E-state index in [0.29, 0.717) is 11.8 Å². The van der Waals surface area contributed by atoms with Crippen LogP contribution in [0.2, 0.25) is 0 Å². The van der Waals surface area contributed by atoms with Crippen molar-refractivity contribution in [3.63, 3.8) is 0 Å². The summed E-state index contributed by atoms with van der Waals surface area (Å²) in [5.41, 5.74) is -0.194. The van der Waals surface area contributed by atoms with E-state index in [1.54, 1.807) is 30.3 Å². The molecule has 2 rings (SSSR count). The maximum Gasteiger partial charge on any atom is 0.284 e. The van der Waals surface area contributed by atoms with Gasteiger partial charge in [0.05, 0.1) is 25.2 Å². The number of benzene rings is 2. The predicted octanol–water partition coefficient (Wildman–Crippen LogP) is 2.78. The Morgan fingerprint density at radius 2 is 1.71 bits per heavy atom. The third kappa shape index (κ3) is 3.24. The van der Waals surface area contributed by atoms with Crippen molar-refractivity contribution >= 4 is 17.8 Å². The van der Waals surface area contributed by atoms with Gasteiger partial charge < -0.3 is 14.3 Å². The fourth-order valence-electron chi connectivity index (χ4n) is 2.34. The van der Waals surface area contributed by atoms with Crippen LogP contribution in [-0.2, 0) is 4.79 Å². The third-order valence-corrected chi connectivity index (χ3v) is 3.54. The van der Waals surface area contributed by atoms with Gasteiger partial charge in [-0.1, -0.05) is 30.3 Å². The van der Waals surface area contributed by atoms with Crippen molar-refractivity contribution in [1.29, 1.82) is 0 Å². The van der Waals surface area contributed by atoms with Gasteiger partial charge in [-0.25, -0.2) is 0 Å². The van der Waals surface area contributed by atoms with Crippen molar-refractivity contribution in [2.24, 2.45) is 0 Å². The van der Waals surface area contributed by atoms with Gasteiger partial charge in [0, 0.05) is 6.07 Å². The zero-order chi connectivity index (χ0) is 17.7. The molecule has 24 heavy (non-hydrogen) atoms. The number of nitro benzene ring substituents is 1. The highest BCUT2D eigenvalue weighted by molar-refractivity contribution is 6.12. The standard InChI is InChI=1S/C17H15NO6/c1-23-15-8-12(14(18(21)22)9-16(15)24-2)17(20)13(10-19)11-6-4-3-5-7-11/h3-10,13H,1-2H3. The zero-order valence-electron chi connectivity index (χ0n) is 13.1. The molecular formula is C17H15NO6. The van der Waals surface area contributed by atoms with Crippen LogP contribution in [-0.4, -0.2) is 31.2 Å². The van der Waals surface area contributed by atoms with Crippen molar-refractivity contribution in [2.75, 3.05) is 14.2 Å².